The Hall–Kier alpha value is -2.91. The van der Waals surface area contributed by atoms with Gasteiger partial charge in [0, 0.05) is 21.7 Å². The number of carbonyl (C=O) groups excluding carboxylic acids is 2. The third-order valence-corrected chi connectivity index (χ3v) is 5.16. The molecule has 2 amide bonds. The highest BCUT2D eigenvalue weighted by Crippen LogP contribution is 2.41. The van der Waals surface area contributed by atoms with Gasteiger partial charge in [-0.2, -0.15) is 0 Å². The van der Waals surface area contributed by atoms with Crippen molar-refractivity contribution in [2.45, 2.75) is 32.8 Å². The smallest absolute Gasteiger partial charge is 0.412 e. The number of aromatic hydroxyl groups is 1. The molecule has 4 N–H and O–H groups in total. The topological polar surface area (TPSA) is 108 Å². The number of hydrogen-bond donors (Lipinski definition) is 4. The summed E-state index contributed by atoms with van der Waals surface area (Å²) in [6, 6.07) is 10.7. The summed E-state index contributed by atoms with van der Waals surface area (Å²) in [6.45, 7) is 3.69. The Labute approximate surface area is 188 Å². The Kier molecular flexibility index (Phi) is 8.58. The molecule has 1 atom stereocenters. The van der Waals surface area contributed by atoms with Gasteiger partial charge in [0.1, 0.15) is 6.10 Å². The SMILES string of the molecule is CC(C)(CC/C=C/C(=O)NO)[C@@H](OC(=O)Nc1ccc(Br)cc1)c1ccc(O)c(F)c1. The molecule has 0 radical (unpaired) electrons. The van der Waals surface area contributed by atoms with Crippen molar-refractivity contribution in [3.8, 4) is 5.75 Å². The first-order valence-corrected chi connectivity index (χ1v) is 10.2. The van der Waals surface area contributed by atoms with Gasteiger partial charge < -0.3 is 9.84 Å². The molecule has 0 saturated heterocycles. The van der Waals surface area contributed by atoms with Crippen molar-refractivity contribution in [1.82, 2.24) is 5.48 Å². The molecule has 0 bridgehead atoms. The summed E-state index contributed by atoms with van der Waals surface area (Å²) in [5.74, 6) is -1.98. The first kappa shape index (κ1) is 24.4. The highest BCUT2D eigenvalue weighted by molar-refractivity contribution is 9.10. The second kappa shape index (κ2) is 10.9. The number of phenols is 1. The highest BCUT2D eigenvalue weighted by Gasteiger charge is 2.34. The fourth-order valence-electron chi connectivity index (χ4n) is 2.97. The zero-order valence-electron chi connectivity index (χ0n) is 17.1. The number of anilines is 1. The Morgan fingerprint density at radius 3 is 2.52 bits per heavy atom. The summed E-state index contributed by atoms with van der Waals surface area (Å²) in [5.41, 5.74) is 1.74. The van der Waals surface area contributed by atoms with Crippen molar-refractivity contribution in [2.24, 2.45) is 5.41 Å². The van der Waals surface area contributed by atoms with E-state index in [2.05, 4.69) is 21.2 Å². The lowest BCUT2D eigenvalue weighted by Gasteiger charge is -2.34. The van der Waals surface area contributed by atoms with Crippen LogP contribution in [0.4, 0.5) is 14.9 Å². The normalized spacial score (nSPS) is 12.4. The third kappa shape index (κ3) is 7.37. The van der Waals surface area contributed by atoms with Gasteiger partial charge in [-0.3, -0.25) is 15.3 Å². The van der Waals surface area contributed by atoms with Crippen LogP contribution in [0.25, 0.3) is 0 Å². The zero-order valence-corrected chi connectivity index (χ0v) is 18.6. The quantitative estimate of drug-likeness (QED) is 0.221. The van der Waals surface area contributed by atoms with Gasteiger partial charge in [0.25, 0.3) is 5.91 Å². The molecule has 0 unspecified atom stereocenters. The van der Waals surface area contributed by atoms with Crippen molar-refractivity contribution >= 4 is 33.6 Å². The Balaban J connectivity index is 2.21. The molecule has 166 valence electrons. The highest BCUT2D eigenvalue weighted by atomic mass is 79.9. The monoisotopic (exact) mass is 494 g/mol. The number of hydroxylamine groups is 1. The van der Waals surface area contributed by atoms with Crippen molar-refractivity contribution < 1.29 is 29.0 Å². The molecule has 0 aromatic heterocycles. The van der Waals surface area contributed by atoms with E-state index in [0.29, 0.717) is 24.1 Å². The molecule has 0 fully saturated rings. The second-order valence-corrected chi connectivity index (χ2v) is 8.45. The summed E-state index contributed by atoms with van der Waals surface area (Å²) < 4.78 is 20.5. The summed E-state index contributed by atoms with van der Waals surface area (Å²) in [4.78, 5) is 23.7. The van der Waals surface area contributed by atoms with Gasteiger partial charge in [0.05, 0.1) is 0 Å². The summed E-state index contributed by atoms with van der Waals surface area (Å²) >= 11 is 3.32. The molecule has 7 nitrogen and oxygen atoms in total. The molecular weight excluding hydrogens is 471 g/mol. The average Bonchev–Trinajstić information content (AvgIpc) is 2.73. The van der Waals surface area contributed by atoms with E-state index in [9.17, 15) is 19.1 Å². The van der Waals surface area contributed by atoms with Crippen molar-refractivity contribution in [3.05, 3.63) is 70.5 Å². The number of halogens is 2. The van der Waals surface area contributed by atoms with Crippen LogP contribution >= 0.6 is 15.9 Å². The number of phenolic OH excluding ortho intramolecular Hbond substituents is 1. The number of carbonyl (C=O) groups is 2. The maximum atomic E-state index is 14.0. The largest absolute Gasteiger partial charge is 0.505 e. The molecule has 0 aliphatic rings. The first-order chi connectivity index (χ1) is 14.6. The number of allylic oxidation sites excluding steroid dienone is 1. The summed E-state index contributed by atoms with van der Waals surface area (Å²) in [5, 5.41) is 20.7. The van der Waals surface area contributed by atoms with E-state index in [4.69, 9.17) is 9.94 Å². The van der Waals surface area contributed by atoms with Gasteiger partial charge in [-0.05, 0) is 54.8 Å². The maximum absolute atomic E-state index is 14.0. The van der Waals surface area contributed by atoms with Crippen molar-refractivity contribution in [3.63, 3.8) is 0 Å². The molecule has 0 spiro atoms. The standard InChI is InChI=1S/C22H24BrFN2O5/c1-22(2,12-4-3-5-19(28)26-30)20(14-6-11-18(27)17(24)13-14)31-21(29)25-16-9-7-15(23)8-10-16/h3,5-11,13,20,27,30H,4,12H2,1-2H3,(H,25,29)(H,26,28)/b5-3+/t20-/m0/s1. The molecule has 0 aliphatic carbocycles. The van der Waals surface area contributed by atoms with E-state index in [1.165, 1.54) is 23.7 Å². The minimum Gasteiger partial charge on any atom is -0.505 e. The lowest BCUT2D eigenvalue weighted by Crippen LogP contribution is -2.29. The predicted molar refractivity (Wildman–Crippen MR) is 117 cm³/mol. The molecule has 2 aromatic carbocycles. The van der Waals surface area contributed by atoms with Gasteiger partial charge in [0.15, 0.2) is 11.6 Å². The second-order valence-electron chi connectivity index (χ2n) is 7.53. The van der Waals surface area contributed by atoms with Gasteiger partial charge >= 0.3 is 6.09 Å². The summed E-state index contributed by atoms with van der Waals surface area (Å²) in [7, 11) is 0. The minimum absolute atomic E-state index is 0.378. The molecule has 2 rings (SSSR count). The first-order valence-electron chi connectivity index (χ1n) is 9.44. The van der Waals surface area contributed by atoms with E-state index >= 15 is 0 Å². The Bertz CT molecular complexity index is 947. The zero-order chi connectivity index (χ0) is 23.0. The molecule has 2 aromatic rings. The maximum Gasteiger partial charge on any atom is 0.412 e. The van der Waals surface area contributed by atoms with Crippen LogP contribution < -0.4 is 10.8 Å². The van der Waals surface area contributed by atoms with Gasteiger partial charge in [0.2, 0.25) is 0 Å². The van der Waals surface area contributed by atoms with E-state index in [1.807, 2.05) is 13.8 Å². The van der Waals surface area contributed by atoms with Crippen LogP contribution in [0.1, 0.15) is 38.4 Å². The van der Waals surface area contributed by atoms with Crippen LogP contribution in [0.2, 0.25) is 0 Å². The van der Waals surface area contributed by atoms with Crippen LogP contribution in [0, 0.1) is 11.2 Å². The fraction of sp³-hybridized carbons (Fsp3) is 0.273. The molecular formula is C22H24BrFN2O5. The number of rotatable bonds is 8. The summed E-state index contributed by atoms with van der Waals surface area (Å²) in [6.07, 6.45) is 2.11. The van der Waals surface area contributed by atoms with Crippen LogP contribution in [0.3, 0.4) is 0 Å². The van der Waals surface area contributed by atoms with E-state index in [-0.39, 0.29) is 0 Å². The average molecular weight is 495 g/mol. The third-order valence-electron chi connectivity index (χ3n) is 4.63. The van der Waals surface area contributed by atoms with E-state index < -0.39 is 35.1 Å². The predicted octanol–water partition coefficient (Wildman–Crippen LogP) is 5.45. The van der Waals surface area contributed by atoms with Crippen molar-refractivity contribution in [1.29, 1.82) is 0 Å². The lowest BCUT2D eigenvalue weighted by atomic mass is 9.78. The minimum atomic E-state index is -0.849. The van der Waals surface area contributed by atoms with Crippen LogP contribution in [-0.2, 0) is 9.53 Å². The number of ether oxygens (including phenoxy) is 1. The van der Waals surface area contributed by atoms with Gasteiger partial charge in [-0.25, -0.2) is 14.7 Å². The van der Waals surface area contributed by atoms with Gasteiger partial charge in [-0.1, -0.05) is 41.9 Å². The van der Waals surface area contributed by atoms with E-state index in [1.54, 1.807) is 30.3 Å². The molecule has 0 aliphatic heterocycles. The number of nitrogens with one attached hydrogen (secondary N) is 2. The van der Waals surface area contributed by atoms with E-state index in [0.717, 1.165) is 10.5 Å². The molecule has 31 heavy (non-hydrogen) atoms. The van der Waals surface area contributed by atoms with Gasteiger partial charge in [-0.15, -0.1) is 0 Å². The van der Waals surface area contributed by atoms with Crippen molar-refractivity contribution in [2.75, 3.05) is 5.32 Å². The Morgan fingerprint density at radius 1 is 1.23 bits per heavy atom. The molecule has 9 heteroatoms. The fourth-order valence-corrected chi connectivity index (χ4v) is 3.23. The molecule has 0 heterocycles. The number of amides is 2. The number of benzene rings is 2. The van der Waals surface area contributed by atoms with Crippen LogP contribution in [0.5, 0.6) is 5.75 Å². The van der Waals surface area contributed by atoms with Crippen LogP contribution in [0.15, 0.2) is 59.1 Å². The molecule has 0 saturated carbocycles. The Morgan fingerprint density at radius 2 is 1.90 bits per heavy atom. The number of hydrogen-bond acceptors (Lipinski definition) is 5. The van der Waals surface area contributed by atoms with Crippen LogP contribution in [-0.4, -0.2) is 22.3 Å². The lowest BCUT2D eigenvalue weighted by molar-refractivity contribution is -0.124.